The molecule has 2 rings (SSSR count). The van der Waals surface area contributed by atoms with Gasteiger partial charge in [-0.3, -0.25) is 0 Å². The molecule has 1 aromatic rings. The maximum Gasteiger partial charge on any atom is 0.243 e. The summed E-state index contributed by atoms with van der Waals surface area (Å²) in [5.41, 5.74) is 2.39. The zero-order valence-electron chi connectivity index (χ0n) is 15.3. The van der Waals surface area contributed by atoms with Gasteiger partial charge in [0.25, 0.3) is 0 Å². The predicted molar refractivity (Wildman–Crippen MR) is 101 cm³/mol. The Balaban J connectivity index is 2.11. The molecule has 1 heterocycles. The third-order valence-corrected chi connectivity index (χ3v) is 6.74. The van der Waals surface area contributed by atoms with E-state index in [1.807, 2.05) is 19.1 Å². The number of sulfonamides is 1. The topological polar surface area (TPSA) is 37.4 Å². The highest BCUT2D eigenvalue weighted by atomic mass is 32.2. The van der Waals surface area contributed by atoms with Crippen LogP contribution in [0.4, 0.5) is 0 Å². The second kappa shape index (κ2) is 8.82. The van der Waals surface area contributed by atoms with Crippen molar-refractivity contribution in [1.82, 2.24) is 4.31 Å². The highest BCUT2D eigenvalue weighted by Gasteiger charge is 2.32. The van der Waals surface area contributed by atoms with Gasteiger partial charge in [0.2, 0.25) is 10.0 Å². The standard InChI is InChI=1S/C20H31NO2S/c1-4-5-6-7-8-9-19-16-18(3)14-15-21(19)24(22,23)20-12-10-17(2)11-13-20/h10-13,16,19H,4-9,14-15H2,1-3H3. The lowest BCUT2D eigenvalue weighted by Gasteiger charge is -2.33. The molecule has 1 unspecified atom stereocenters. The Morgan fingerprint density at radius 2 is 1.71 bits per heavy atom. The molecule has 1 aliphatic rings. The van der Waals surface area contributed by atoms with Crippen LogP contribution in [0.2, 0.25) is 0 Å². The number of nitrogens with zero attached hydrogens (tertiary/aromatic N) is 1. The summed E-state index contributed by atoms with van der Waals surface area (Å²) in [4.78, 5) is 0.414. The summed E-state index contributed by atoms with van der Waals surface area (Å²) < 4.78 is 27.8. The van der Waals surface area contributed by atoms with Gasteiger partial charge in [0.1, 0.15) is 0 Å². The van der Waals surface area contributed by atoms with Crippen molar-refractivity contribution in [2.75, 3.05) is 6.54 Å². The molecule has 0 N–H and O–H groups in total. The largest absolute Gasteiger partial charge is 0.243 e. The molecule has 134 valence electrons. The fraction of sp³-hybridized carbons (Fsp3) is 0.600. The van der Waals surface area contributed by atoms with Gasteiger partial charge in [-0.25, -0.2) is 8.42 Å². The minimum atomic E-state index is -3.41. The molecule has 1 aromatic carbocycles. The Kier molecular flexibility index (Phi) is 7.05. The first-order valence-corrected chi connectivity index (χ1v) is 10.6. The van der Waals surface area contributed by atoms with Gasteiger partial charge in [-0.15, -0.1) is 0 Å². The van der Waals surface area contributed by atoms with E-state index in [0.29, 0.717) is 11.4 Å². The molecule has 0 saturated carbocycles. The van der Waals surface area contributed by atoms with Gasteiger partial charge < -0.3 is 0 Å². The molecular weight excluding hydrogens is 318 g/mol. The maximum atomic E-state index is 13.0. The third kappa shape index (κ3) is 4.93. The first-order valence-electron chi connectivity index (χ1n) is 9.21. The molecule has 1 atom stereocenters. The van der Waals surface area contributed by atoms with E-state index in [2.05, 4.69) is 19.9 Å². The summed E-state index contributed by atoms with van der Waals surface area (Å²) in [5.74, 6) is 0. The van der Waals surface area contributed by atoms with Gasteiger partial charge in [-0.05, 0) is 38.8 Å². The molecule has 0 amide bonds. The quantitative estimate of drug-likeness (QED) is 0.485. The molecule has 4 heteroatoms. The van der Waals surface area contributed by atoms with Crippen LogP contribution >= 0.6 is 0 Å². The van der Waals surface area contributed by atoms with Crippen molar-refractivity contribution in [2.45, 2.75) is 76.7 Å². The first-order chi connectivity index (χ1) is 11.4. The van der Waals surface area contributed by atoms with Crippen LogP contribution in [0.25, 0.3) is 0 Å². The van der Waals surface area contributed by atoms with Gasteiger partial charge >= 0.3 is 0 Å². The van der Waals surface area contributed by atoms with Crippen molar-refractivity contribution in [3.8, 4) is 0 Å². The van der Waals surface area contributed by atoms with Gasteiger partial charge in [-0.2, -0.15) is 4.31 Å². The Hall–Kier alpha value is -1.13. The van der Waals surface area contributed by atoms with Crippen molar-refractivity contribution in [1.29, 1.82) is 0 Å². The van der Waals surface area contributed by atoms with Crippen molar-refractivity contribution in [3.05, 3.63) is 41.5 Å². The highest BCUT2D eigenvalue weighted by Crippen LogP contribution is 2.27. The van der Waals surface area contributed by atoms with E-state index < -0.39 is 10.0 Å². The lowest BCUT2D eigenvalue weighted by molar-refractivity contribution is 0.327. The molecule has 0 spiro atoms. The number of hydrogen-bond acceptors (Lipinski definition) is 2. The average Bonchev–Trinajstić information content (AvgIpc) is 2.55. The highest BCUT2D eigenvalue weighted by molar-refractivity contribution is 7.89. The Morgan fingerprint density at radius 3 is 2.38 bits per heavy atom. The van der Waals surface area contributed by atoms with Crippen LogP contribution in [-0.4, -0.2) is 25.3 Å². The predicted octanol–water partition coefficient (Wildman–Crippen LogP) is 5.06. The van der Waals surface area contributed by atoms with Crippen molar-refractivity contribution < 1.29 is 8.42 Å². The lowest BCUT2D eigenvalue weighted by atomic mass is 10.0. The molecule has 3 nitrogen and oxygen atoms in total. The number of unbranched alkanes of at least 4 members (excludes halogenated alkanes) is 4. The Labute approximate surface area is 147 Å². The summed E-state index contributed by atoms with van der Waals surface area (Å²) in [7, 11) is -3.41. The molecule has 0 bridgehead atoms. The fourth-order valence-electron chi connectivity index (χ4n) is 3.28. The van der Waals surface area contributed by atoms with Crippen LogP contribution in [0.1, 0.15) is 64.4 Å². The second-order valence-corrected chi connectivity index (χ2v) is 8.85. The van der Waals surface area contributed by atoms with Crippen LogP contribution in [-0.2, 0) is 10.0 Å². The molecule has 0 radical (unpaired) electrons. The van der Waals surface area contributed by atoms with E-state index >= 15 is 0 Å². The summed E-state index contributed by atoms with van der Waals surface area (Å²) in [6.07, 6.45) is 9.94. The average molecular weight is 350 g/mol. The van der Waals surface area contributed by atoms with Gasteiger partial charge in [-0.1, -0.05) is 68.4 Å². The van der Waals surface area contributed by atoms with Crippen molar-refractivity contribution >= 4 is 10.0 Å². The van der Waals surface area contributed by atoms with E-state index in [-0.39, 0.29) is 6.04 Å². The molecule has 1 aliphatic heterocycles. The number of hydrogen-bond donors (Lipinski definition) is 0. The summed E-state index contributed by atoms with van der Waals surface area (Å²) in [6.45, 7) is 6.89. The molecule has 0 fully saturated rings. The number of rotatable bonds is 8. The zero-order chi connectivity index (χ0) is 17.6. The van der Waals surface area contributed by atoms with Gasteiger partial charge in [0.05, 0.1) is 4.90 Å². The van der Waals surface area contributed by atoms with E-state index in [9.17, 15) is 8.42 Å². The first kappa shape index (κ1) is 19.2. The SMILES string of the molecule is CCCCCCCC1C=C(C)CCN1S(=O)(=O)c1ccc(C)cc1. The van der Waals surface area contributed by atoms with E-state index in [1.54, 1.807) is 16.4 Å². The second-order valence-electron chi connectivity index (χ2n) is 6.96. The minimum absolute atomic E-state index is 0.00618. The van der Waals surface area contributed by atoms with Crippen molar-refractivity contribution in [2.24, 2.45) is 0 Å². The van der Waals surface area contributed by atoms with Crippen LogP contribution < -0.4 is 0 Å². The summed E-state index contributed by atoms with van der Waals surface area (Å²) in [6, 6.07) is 7.21. The number of aryl methyl sites for hydroxylation is 1. The molecular formula is C20H31NO2S. The molecule has 0 saturated heterocycles. The van der Waals surface area contributed by atoms with Crippen molar-refractivity contribution in [3.63, 3.8) is 0 Å². The molecule has 0 aromatic heterocycles. The van der Waals surface area contributed by atoms with E-state index in [0.717, 1.165) is 24.8 Å². The van der Waals surface area contributed by atoms with Crippen LogP contribution in [0.15, 0.2) is 40.8 Å². The zero-order valence-corrected chi connectivity index (χ0v) is 16.1. The fourth-order valence-corrected chi connectivity index (χ4v) is 4.88. The molecule has 0 aliphatic carbocycles. The lowest BCUT2D eigenvalue weighted by Crippen LogP contribution is -2.42. The third-order valence-electron chi connectivity index (χ3n) is 4.80. The van der Waals surface area contributed by atoms with E-state index in [4.69, 9.17) is 0 Å². The summed E-state index contributed by atoms with van der Waals surface area (Å²) in [5, 5.41) is 0. The smallest absolute Gasteiger partial charge is 0.207 e. The van der Waals surface area contributed by atoms with Gasteiger partial charge in [0.15, 0.2) is 0 Å². The molecule has 24 heavy (non-hydrogen) atoms. The van der Waals surface area contributed by atoms with E-state index in [1.165, 1.54) is 31.3 Å². The minimum Gasteiger partial charge on any atom is -0.207 e. The van der Waals surface area contributed by atoms with Crippen LogP contribution in [0, 0.1) is 6.92 Å². The van der Waals surface area contributed by atoms with Gasteiger partial charge in [0, 0.05) is 12.6 Å². The monoisotopic (exact) mass is 349 g/mol. The summed E-state index contributed by atoms with van der Waals surface area (Å²) >= 11 is 0. The maximum absolute atomic E-state index is 13.0. The van der Waals surface area contributed by atoms with Crippen LogP contribution in [0.5, 0.6) is 0 Å². The Morgan fingerprint density at radius 1 is 1.04 bits per heavy atom. The normalized spacial score (nSPS) is 19.3. The number of benzene rings is 1. The van der Waals surface area contributed by atoms with Crippen LogP contribution in [0.3, 0.4) is 0 Å². The Bertz CT molecular complexity index is 647.